The molecule has 0 saturated carbocycles. The number of thioether (sulfide) groups is 1. The van der Waals surface area contributed by atoms with Gasteiger partial charge >= 0.3 is 5.97 Å². The number of hydrogen-bond donors (Lipinski definition) is 1. The maximum atomic E-state index is 10.9. The van der Waals surface area contributed by atoms with Gasteiger partial charge in [-0.2, -0.15) is 0 Å². The number of hydrogen-bond acceptors (Lipinski definition) is 6. The van der Waals surface area contributed by atoms with Gasteiger partial charge < -0.3 is 5.11 Å². The second-order valence-electron chi connectivity index (χ2n) is 3.46. The number of fused-ring (bicyclic) bond motifs is 1. The van der Waals surface area contributed by atoms with Crippen LogP contribution in [0, 0.1) is 17.0 Å². The first-order valence-corrected chi connectivity index (χ1v) is 6.68. The van der Waals surface area contributed by atoms with Crippen LogP contribution in [-0.2, 0) is 4.79 Å². The van der Waals surface area contributed by atoms with E-state index < -0.39 is 10.9 Å². The fourth-order valence-corrected chi connectivity index (χ4v) is 3.05. The fraction of sp³-hybridized carbons (Fsp3) is 0.200. The van der Waals surface area contributed by atoms with Gasteiger partial charge in [0.25, 0.3) is 5.69 Å². The molecule has 1 N–H and O–H groups in total. The van der Waals surface area contributed by atoms with Crippen molar-refractivity contribution in [2.24, 2.45) is 0 Å². The van der Waals surface area contributed by atoms with Crippen LogP contribution in [-0.4, -0.2) is 26.7 Å². The van der Waals surface area contributed by atoms with Crippen molar-refractivity contribution < 1.29 is 14.8 Å². The highest BCUT2D eigenvalue weighted by atomic mass is 32.2. The van der Waals surface area contributed by atoms with Crippen LogP contribution in [0.4, 0.5) is 5.69 Å². The zero-order valence-electron chi connectivity index (χ0n) is 9.24. The Kier molecular flexibility index (Phi) is 3.48. The average Bonchev–Trinajstić information content (AvgIpc) is 2.63. The number of benzene rings is 1. The van der Waals surface area contributed by atoms with Crippen LogP contribution in [0.15, 0.2) is 17.0 Å². The molecule has 0 saturated heterocycles. The predicted molar refractivity (Wildman–Crippen MR) is 69.4 cm³/mol. The Morgan fingerprint density at radius 3 is 2.94 bits per heavy atom. The summed E-state index contributed by atoms with van der Waals surface area (Å²) in [7, 11) is 0. The normalized spacial score (nSPS) is 10.7. The fourth-order valence-electron chi connectivity index (χ4n) is 1.46. The van der Waals surface area contributed by atoms with Gasteiger partial charge in [-0.05, 0) is 13.0 Å². The van der Waals surface area contributed by atoms with E-state index in [1.54, 1.807) is 6.07 Å². The SMILES string of the molecule is Cc1nc2cc(SCC(=O)O)c([N+](=O)[O-])cc2s1. The molecule has 0 aliphatic heterocycles. The van der Waals surface area contributed by atoms with Crippen LogP contribution in [0.2, 0.25) is 0 Å². The quantitative estimate of drug-likeness (QED) is 0.527. The van der Waals surface area contributed by atoms with E-state index >= 15 is 0 Å². The van der Waals surface area contributed by atoms with Crippen LogP contribution in [0.5, 0.6) is 0 Å². The molecule has 18 heavy (non-hydrogen) atoms. The maximum absolute atomic E-state index is 10.9. The van der Waals surface area contributed by atoms with Crippen LogP contribution >= 0.6 is 23.1 Å². The molecule has 1 aromatic carbocycles. The van der Waals surface area contributed by atoms with Gasteiger partial charge in [0.15, 0.2) is 0 Å². The van der Waals surface area contributed by atoms with Gasteiger partial charge in [-0.15, -0.1) is 23.1 Å². The molecule has 0 fully saturated rings. The predicted octanol–water partition coefficient (Wildman–Crippen LogP) is 2.69. The molecule has 0 spiro atoms. The standard InChI is InChI=1S/C10H8N2O4S2/c1-5-11-6-2-9(17-4-10(13)14)7(12(15)16)3-8(6)18-5/h2-3H,4H2,1H3,(H,13,14). The number of aliphatic carboxylic acids is 1. The Balaban J connectivity index is 2.50. The van der Waals surface area contributed by atoms with Gasteiger partial charge in [-0.1, -0.05) is 0 Å². The number of nitro groups is 1. The number of carboxylic acids is 1. The van der Waals surface area contributed by atoms with Crippen molar-refractivity contribution in [3.63, 3.8) is 0 Å². The van der Waals surface area contributed by atoms with Crippen molar-refractivity contribution in [2.45, 2.75) is 11.8 Å². The van der Waals surface area contributed by atoms with Gasteiger partial charge in [-0.3, -0.25) is 14.9 Å². The van der Waals surface area contributed by atoms with E-state index in [0.717, 1.165) is 21.5 Å². The molecule has 1 aromatic heterocycles. The Morgan fingerprint density at radius 2 is 2.33 bits per heavy atom. The minimum Gasteiger partial charge on any atom is -0.481 e. The zero-order valence-corrected chi connectivity index (χ0v) is 10.9. The van der Waals surface area contributed by atoms with Crippen molar-refractivity contribution >= 4 is 45.0 Å². The smallest absolute Gasteiger partial charge is 0.313 e. The van der Waals surface area contributed by atoms with Gasteiger partial charge in [0.05, 0.1) is 30.8 Å². The van der Waals surface area contributed by atoms with E-state index in [4.69, 9.17) is 5.11 Å². The van der Waals surface area contributed by atoms with E-state index in [-0.39, 0.29) is 11.4 Å². The number of aromatic nitrogens is 1. The third-order valence-corrected chi connectivity index (χ3v) is 4.09. The monoisotopic (exact) mass is 284 g/mol. The largest absolute Gasteiger partial charge is 0.481 e. The van der Waals surface area contributed by atoms with E-state index in [0.29, 0.717) is 10.4 Å². The minimum absolute atomic E-state index is 0.0719. The van der Waals surface area contributed by atoms with E-state index in [9.17, 15) is 14.9 Å². The molecule has 0 radical (unpaired) electrons. The van der Waals surface area contributed by atoms with Crippen LogP contribution < -0.4 is 0 Å². The van der Waals surface area contributed by atoms with Crippen molar-refractivity contribution in [1.82, 2.24) is 4.98 Å². The number of carboxylic acid groups (broad SMARTS) is 1. The molecular weight excluding hydrogens is 276 g/mol. The second-order valence-corrected chi connectivity index (χ2v) is 5.71. The topological polar surface area (TPSA) is 93.3 Å². The highest BCUT2D eigenvalue weighted by Gasteiger charge is 2.18. The average molecular weight is 284 g/mol. The van der Waals surface area contributed by atoms with Crippen molar-refractivity contribution in [3.8, 4) is 0 Å². The van der Waals surface area contributed by atoms with Gasteiger partial charge in [0.1, 0.15) is 0 Å². The highest BCUT2D eigenvalue weighted by Crippen LogP contribution is 2.35. The third-order valence-electron chi connectivity index (χ3n) is 2.12. The molecular formula is C10H8N2O4S2. The zero-order chi connectivity index (χ0) is 13.3. The first-order valence-electron chi connectivity index (χ1n) is 4.87. The van der Waals surface area contributed by atoms with Crippen LogP contribution in [0.1, 0.15) is 5.01 Å². The Bertz CT molecular complexity index is 638. The second kappa shape index (κ2) is 4.91. The first kappa shape index (κ1) is 12.8. The summed E-state index contributed by atoms with van der Waals surface area (Å²) in [4.78, 5) is 25.5. The number of nitro benzene ring substituents is 1. The summed E-state index contributed by atoms with van der Waals surface area (Å²) >= 11 is 2.31. The number of aryl methyl sites for hydroxylation is 1. The van der Waals surface area contributed by atoms with Crippen LogP contribution in [0.25, 0.3) is 10.2 Å². The molecule has 0 atom stereocenters. The Morgan fingerprint density at radius 1 is 1.61 bits per heavy atom. The van der Waals surface area contributed by atoms with Gasteiger partial charge in [0, 0.05) is 6.07 Å². The number of carbonyl (C=O) groups is 1. The lowest BCUT2D eigenvalue weighted by Gasteiger charge is -2.00. The number of nitrogens with zero attached hydrogens (tertiary/aromatic N) is 2. The minimum atomic E-state index is -1.01. The summed E-state index contributed by atoms with van der Waals surface area (Å²) in [6.07, 6.45) is 0. The lowest BCUT2D eigenvalue weighted by Crippen LogP contribution is -1.99. The molecule has 2 rings (SSSR count). The molecule has 1 heterocycles. The van der Waals surface area contributed by atoms with Crippen molar-refractivity contribution in [1.29, 1.82) is 0 Å². The Labute approximate surface area is 110 Å². The number of rotatable bonds is 4. The molecule has 0 unspecified atom stereocenters. The van der Waals surface area contributed by atoms with Gasteiger partial charge in [0.2, 0.25) is 0 Å². The summed E-state index contributed by atoms with van der Waals surface area (Å²) in [5, 5.41) is 20.4. The van der Waals surface area contributed by atoms with Crippen molar-refractivity contribution in [2.75, 3.05) is 5.75 Å². The van der Waals surface area contributed by atoms with Crippen molar-refractivity contribution in [3.05, 3.63) is 27.3 Å². The molecule has 0 amide bonds. The molecule has 8 heteroatoms. The lowest BCUT2D eigenvalue weighted by atomic mass is 10.3. The van der Waals surface area contributed by atoms with E-state index in [1.165, 1.54) is 17.4 Å². The summed E-state index contributed by atoms with van der Waals surface area (Å²) < 4.78 is 0.735. The number of thiazole rings is 1. The first-order chi connectivity index (χ1) is 8.47. The summed E-state index contributed by atoms with van der Waals surface area (Å²) in [6, 6.07) is 3.02. The molecule has 0 bridgehead atoms. The molecule has 0 aliphatic carbocycles. The van der Waals surface area contributed by atoms with Crippen LogP contribution in [0.3, 0.4) is 0 Å². The van der Waals surface area contributed by atoms with Gasteiger partial charge in [-0.25, -0.2) is 4.98 Å². The molecule has 94 valence electrons. The third kappa shape index (κ3) is 2.59. The highest BCUT2D eigenvalue weighted by molar-refractivity contribution is 8.00. The lowest BCUT2D eigenvalue weighted by molar-refractivity contribution is -0.387. The van der Waals surface area contributed by atoms with E-state index in [2.05, 4.69) is 4.98 Å². The summed E-state index contributed by atoms with van der Waals surface area (Å²) in [6.45, 7) is 1.82. The maximum Gasteiger partial charge on any atom is 0.313 e. The Hall–Kier alpha value is -1.67. The molecule has 6 nitrogen and oxygen atoms in total. The summed E-state index contributed by atoms with van der Waals surface area (Å²) in [5.74, 6) is -1.22. The molecule has 0 aliphatic rings. The molecule has 2 aromatic rings. The van der Waals surface area contributed by atoms with E-state index in [1.807, 2.05) is 6.92 Å². The summed E-state index contributed by atoms with van der Waals surface area (Å²) in [5.41, 5.74) is 0.591.